The molecule has 1 aliphatic rings. The van der Waals surface area contributed by atoms with Crippen LogP contribution in [0, 0.1) is 0 Å². The van der Waals surface area contributed by atoms with Gasteiger partial charge in [-0.05, 0) is 45.0 Å². The number of furan rings is 1. The van der Waals surface area contributed by atoms with Gasteiger partial charge in [0.25, 0.3) is 0 Å². The average molecular weight is 252 g/mol. The first-order valence-corrected chi connectivity index (χ1v) is 6.90. The summed E-state index contributed by atoms with van der Waals surface area (Å²) >= 11 is 0. The quantitative estimate of drug-likeness (QED) is 0.767. The minimum atomic E-state index is -0.276. The number of aliphatic hydroxyl groups excluding tert-OH is 1. The Balaban J connectivity index is 1.61. The van der Waals surface area contributed by atoms with Crippen molar-refractivity contribution in [1.29, 1.82) is 0 Å². The second-order valence-electron chi connectivity index (χ2n) is 5.25. The molecular weight excluding hydrogens is 228 g/mol. The van der Waals surface area contributed by atoms with Crippen molar-refractivity contribution in [2.24, 2.45) is 0 Å². The van der Waals surface area contributed by atoms with Crippen molar-refractivity contribution in [1.82, 2.24) is 10.2 Å². The van der Waals surface area contributed by atoms with Gasteiger partial charge in [-0.3, -0.25) is 0 Å². The molecule has 2 N–H and O–H groups in total. The summed E-state index contributed by atoms with van der Waals surface area (Å²) in [6.07, 6.45) is 4.83. The maximum Gasteiger partial charge on any atom is 0.105 e. The van der Waals surface area contributed by atoms with Crippen molar-refractivity contribution in [3.8, 4) is 0 Å². The number of hydrogen-bond acceptors (Lipinski definition) is 4. The molecule has 18 heavy (non-hydrogen) atoms. The fourth-order valence-electron chi connectivity index (χ4n) is 2.47. The number of nitrogens with zero attached hydrogens (tertiary/aromatic N) is 1. The summed E-state index contributed by atoms with van der Waals surface area (Å²) in [4.78, 5) is 2.34. The molecule has 0 aromatic carbocycles. The predicted molar refractivity (Wildman–Crippen MR) is 71.6 cm³/mol. The molecule has 2 unspecified atom stereocenters. The zero-order valence-electron chi connectivity index (χ0n) is 11.1. The van der Waals surface area contributed by atoms with Crippen LogP contribution in [0.4, 0.5) is 0 Å². The van der Waals surface area contributed by atoms with E-state index in [1.54, 1.807) is 6.26 Å². The van der Waals surface area contributed by atoms with E-state index in [4.69, 9.17) is 4.42 Å². The summed E-state index contributed by atoms with van der Waals surface area (Å²) < 4.78 is 5.31. The van der Waals surface area contributed by atoms with Crippen LogP contribution in [0.3, 0.4) is 0 Å². The third kappa shape index (κ3) is 4.44. The fourth-order valence-corrected chi connectivity index (χ4v) is 2.47. The fraction of sp³-hybridized carbons (Fsp3) is 0.714. The molecule has 0 saturated carbocycles. The number of hydrogen-bond donors (Lipinski definition) is 2. The molecule has 2 heterocycles. The first-order chi connectivity index (χ1) is 8.74. The van der Waals surface area contributed by atoms with E-state index in [2.05, 4.69) is 17.1 Å². The number of rotatable bonds is 7. The molecule has 2 atom stereocenters. The maximum absolute atomic E-state index is 9.96. The van der Waals surface area contributed by atoms with Gasteiger partial charge < -0.3 is 19.7 Å². The predicted octanol–water partition coefficient (Wildman–Crippen LogP) is 1.26. The summed E-state index contributed by atoms with van der Waals surface area (Å²) in [5, 5.41) is 13.3. The van der Waals surface area contributed by atoms with Gasteiger partial charge in [0, 0.05) is 25.6 Å². The highest BCUT2D eigenvalue weighted by Gasteiger charge is 2.16. The van der Waals surface area contributed by atoms with Gasteiger partial charge in [0.15, 0.2) is 0 Å². The molecule has 1 fully saturated rings. The molecule has 4 nitrogen and oxygen atoms in total. The third-order valence-corrected chi connectivity index (χ3v) is 3.46. The van der Waals surface area contributed by atoms with E-state index < -0.39 is 0 Å². The smallest absolute Gasteiger partial charge is 0.105 e. The Morgan fingerprint density at radius 2 is 2.22 bits per heavy atom. The summed E-state index contributed by atoms with van der Waals surface area (Å²) in [5.74, 6) is 0.990. The second-order valence-corrected chi connectivity index (χ2v) is 5.25. The molecule has 1 aromatic heterocycles. The van der Waals surface area contributed by atoms with Crippen molar-refractivity contribution in [2.45, 2.75) is 38.3 Å². The summed E-state index contributed by atoms with van der Waals surface area (Å²) in [6, 6.07) is 4.22. The van der Waals surface area contributed by atoms with E-state index in [0.717, 1.165) is 31.8 Å². The Hall–Kier alpha value is -0.840. The molecule has 1 saturated heterocycles. The molecule has 4 heteroatoms. The van der Waals surface area contributed by atoms with Gasteiger partial charge in [0.2, 0.25) is 0 Å². The van der Waals surface area contributed by atoms with Crippen molar-refractivity contribution in [3.05, 3.63) is 24.2 Å². The van der Waals surface area contributed by atoms with Crippen LogP contribution >= 0.6 is 0 Å². The lowest BCUT2D eigenvalue weighted by Crippen LogP contribution is -2.40. The summed E-state index contributed by atoms with van der Waals surface area (Å²) in [5.41, 5.74) is 0. The van der Waals surface area contributed by atoms with Crippen LogP contribution in [0.25, 0.3) is 0 Å². The van der Waals surface area contributed by atoms with E-state index in [9.17, 15) is 5.11 Å². The molecule has 102 valence electrons. The third-order valence-electron chi connectivity index (χ3n) is 3.46. The van der Waals surface area contributed by atoms with Crippen LogP contribution < -0.4 is 5.32 Å². The standard InChI is InChI=1S/C14H24N2O2/c1-12(9-14-5-4-8-18-14)15-10-13(17)11-16-6-2-3-7-16/h4-5,8,12-13,15,17H,2-3,6-7,9-11H2,1H3. The van der Waals surface area contributed by atoms with Gasteiger partial charge in [0.05, 0.1) is 12.4 Å². The van der Waals surface area contributed by atoms with Gasteiger partial charge in [-0.1, -0.05) is 0 Å². The van der Waals surface area contributed by atoms with Crippen LogP contribution in [0.5, 0.6) is 0 Å². The SMILES string of the molecule is CC(Cc1ccco1)NCC(O)CN1CCCC1. The lowest BCUT2D eigenvalue weighted by molar-refractivity contribution is 0.120. The topological polar surface area (TPSA) is 48.6 Å². The lowest BCUT2D eigenvalue weighted by Gasteiger charge is -2.21. The van der Waals surface area contributed by atoms with Crippen molar-refractivity contribution < 1.29 is 9.52 Å². The Morgan fingerprint density at radius 3 is 2.89 bits per heavy atom. The molecule has 0 amide bonds. The normalized spacial score (nSPS) is 20.1. The molecule has 0 radical (unpaired) electrons. The molecule has 0 aliphatic carbocycles. The number of β-amino-alcohol motifs (C(OH)–C–C–N with tert-alkyl or cyclic N) is 1. The minimum absolute atomic E-state index is 0.276. The summed E-state index contributed by atoms with van der Waals surface area (Å²) in [7, 11) is 0. The highest BCUT2D eigenvalue weighted by Crippen LogP contribution is 2.08. The first kappa shape index (κ1) is 13.6. The molecule has 0 spiro atoms. The van der Waals surface area contributed by atoms with Gasteiger partial charge >= 0.3 is 0 Å². The minimum Gasteiger partial charge on any atom is -0.469 e. The van der Waals surface area contributed by atoms with Crippen LogP contribution in [0.2, 0.25) is 0 Å². The second kappa shape index (κ2) is 6.92. The zero-order valence-corrected chi connectivity index (χ0v) is 11.1. The van der Waals surface area contributed by atoms with E-state index in [1.165, 1.54) is 12.8 Å². The number of aliphatic hydroxyl groups is 1. The Labute approximate surface area is 109 Å². The van der Waals surface area contributed by atoms with E-state index in [0.29, 0.717) is 12.6 Å². The van der Waals surface area contributed by atoms with Crippen molar-refractivity contribution >= 4 is 0 Å². The first-order valence-electron chi connectivity index (χ1n) is 6.90. The lowest BCUT2D eigenvalue weighted by atomic mass is 10.2. The molecule has 2 rings (SSSR count). The highest BCUT2D eigenvalue weighted by atomic mass is 16.3. The van der Waals surface area contributed by atoms with E-state index in [-0.39, 0.29) is 6.10 Å². The maximum atomic E-state index is 9.96. The van der Waals surface area contributed by atoms with Crippen molar-refractivity contribution in [2.75, 3.05) is 26.2 Å². The molecule has 1 aromatic rings. The van der Waals surface area contributed by atoms with Gasteiger partial charge in [0.1, 0.15) is 5.76 Å². The van der Waals surface area contributed by atoms with Crippen molar-refractivity contribution in [3.63, 3.8) is 0 Å². The van der Waals surface area contributed by atoms with E-state index >= 15 is 0 Å². The van der Waals surface area contributed by atoms with Gasteiger partial charge in [-0.15, -0.1) is 0 Å². The Kier molecular flexibility index (Phi) is 5.23. The Bertz CT molecular complexity index is 321. The zero-order chi connectivity index (χ0) is 12.8. The highest BCUT2D eigenvalue weighted by molar-refractivity contribution is 4.99. The summed E-state index contributed by atoms with van der Waals surface area (Å²) in [6.45, 7) is 5.84. The molecule has 1 aliphatic heterocycles. The van der Waals surface area contributed by atoms with E-state index in [1.807, 2.05) is 12.1 Å². The van der Waals surface area contributed by atoms with Gasteiger partial charge in [-0.25, -0.2) is 0 Å². The van der Waals surface area contributed by atoms with Crippen LogP contribution in [0.15, 0.2) is 22.8 Å². The largest absolute Gasteiger partial charge is 0.469 e. The molecular formula is C14H24N2O2. The Morgan fingerprint density at radius 1 is 1.44 bits per heavy atom. The average Bonchev–Trinajstić information content (AvgIpc) is 2.99. The van der Waals surface area contributed by atoms with Gasteiger partial charge in [-0.2, -0.15) is 0 Å². The number of likely N-dealkylation sites (tertiary alicyclic amines) is 1. The van der Waals surface area contributed by atoms with Crippen LogP contribution in [-0.2, 0) is 6.42 Å². The number of nitrogens with one attached hydrogen (secondary N) is 1. The van der Waals surface area contributed by atoms with Crippen LogP contribution in [-0.4, -0.2) is 48.3 Å². The van der Waals surface area contributed by atoms with Crippen LogP contribution in [0.1, 0.15) is 25.5 Å². The monoisotopic (exact) mass is 252 g/mol. The molecule has 0 bridgehead atoms.